The second-order valence-electron chi connectivity index (χ2n) is 1.62. The monoisotopic (exact) mass is 128 g/mol. The van der Waals surface area contributed by atoms with E-state index in [1.54, 1.807) is 0 Å². The summed E-state index contributed by atoms with van der Waals surface area (Å²) >= 11 is 0. The molecule has 1 aliphatic heterocycles. The number of hydrogen-bond donors (Lipinski definition) is 1. The Kier molecular flexibility index (Phi) is 0.985. The number of urea groups is 1. The molecule has 1 heterocycles. The van der Waals surface area contributed by atoms with Crippen LogP contribution in [0.3, 0.4) is 0 Å². The van der Waals surface area contributed by atoms with Crippen LogP contribution in [0.1, 0.15) is 0 Å². The van der Waals surface area contributed by atoms with Gasteiger partial charge in [0.15, 0.2) is 0 Å². The molecular weight excluding hydrogens is 124 g/mol. The number of hydrogen-bond acceptors (Lipinski definition) is 3. The predicted octanol–water partition coefficient (Wildman–Crippen LogP) is -1.31. The maximum absolute atomic E-state index is 10.4. The molecule has 48 valence electrons. The van der Waals surface area contributed by atoms with Crippen LogP contribution < -0.4 is 5.32 Å². The van der Waals surface area contributed by atoms with Gasteiger partial charge in [-0.25, -0.2) is 4.79 Å². The Morgan fingerprint density at radius 1 is 1.33 bits per heavy atom. The van der Waals surface area contributed by atoms with E-state index in [0.29, 0.717) is 0 Å². The summed E-state index contributed by atoms with van der Waals surface area (Å²) in [5.74, 6) is -1.66. The predicted molar refractivity (Wildman–Crippen MR) is 26.3 cm³/mol. The lowest BCUT2D eigenvalue weighted by molar-refractivity contribution is -0.139. The lowest BCUT2D eigenvalue weighted by atomic mass is 10.6. The molecule has 1 fully saturated rings. The van der Waals surface area contributed by atoms with Crippen molar-refractivity contribution in [2.75, 3.05) is 7.05 Å². The molecule has 0 atom stereocenters. The molecule has 5 nitrogen and oxygen atoms in total. The van der Waals surface area contributed by atoms with Crippen LogP contribution in [-0.4, -0.2) is 29.8 Å². The van der Waals surface area contributed by atoms with Crippen LogP contribution in [-0.2, 0) is 9.59 Å². The molecule has 1 N–H and O–H groups in total. The third-order valence-electron chi connectivity index (χ3n) is 1.02. The zero-order chi connectivity index (χ0) is 7.02. The zero-order valence-electron chi connectivity index (χ0n) is 4.67. The number of imide groups is 2. The Morgan fingerprint density at radius 2 is 1.89 bits per heavy atom. The van der Waals surface area contributed by atoms with E-state index in [-0.39, 0.29) is 0 Å². The van der Waals surface area contributed by atoms with E-state index in [0.717, 1.165) is 4.90 Å². The van der Waals surface area contributed by atoms with Gasteiger partial charge in [-0.05, 0) is 0 Å². The maximum Gasteiger partial charge on any atom is 0.331 e. The van der Waals surface area contributed by atoms with Gasteiger partial charge in [0, 0.05) is 7.05 Å². The van der Waals surface area contributed by atoms with Crippen LogP contribution in [0, 0.1) is 0 Å². The second kappa shape index (κ2) is 1.54. The van der Waals surface area contributed by atoms with Gasteiger partial charge in [-0.2, -0.15) is 0 Å². The van der Waals surface area contributed by atoms with E-state index in [1.165, 1.54) is 7.05 Å². The third-order valence-corrected chi connectivity index (χ3v) is 1.02. The number of carbonyl (C=O) groups excluding carboxylic acids is 3. The summed E-state index contributed by atoms with van der Waals surface area (Å²) in [5.41, 5.74) is 0. The molecule has 0 unspecified atom stereocenters. The lowest BCUT2D eigenvalue weighted by Crippen LogP contribution is -2.25. The number of rotatable bonds is 0. The van der Waals surface area contributed by atoms with Crippen molar-refractivity contribution in [2.45, 2.75) is 0 Å². The van der Waals surface area contributed by atoms with Gasteiger partial charge in [0.2, 0.25) is 0 Å². The fourth-order valence-electron chi connectivity index (χ4n) is 0.479. The number of amides is 4. The summed E-state index contributed by atoms with van der Waals surface area (Å²) in [5, 5.41) is 1.81. The molecule has 1 rings (SSSR count). The van der Waals surface area contributed by atoms with Crippen molar-refractivity contribution in [1.29, 1.82) is 0 Å². The van der Waals surface area contributed by atoms with Gasteiger partial charge >= 0.3 is 17.8 Å². The highest BCUT2D eigenvalue weighted by Crippen LogP contribution is 1.93. The highest BCUT2D eigenvalue weighted by Gasteiger charge is 2.33. The molecular formula is C4H4N2O3. The van der Waals surface area contributed by atoms with Crippen molar-refractivity contribution >= 4 is 17.8 Å². The molecule has 0 aromatic heterocycles. The number of nitrogens with zero attached hydrogens (tertiary/aromatic N) is 1. The van der Waals surface area contributed by atoms with Gasteiger partial charge in [-0.1, -0.05) is 0 Å². The first kappa shape index (κ1) is 5.74. The minimum atomic E-state index is -0.859. The Bertz CT molecular complexity index is 198. The molecule has 1 aliphatic rings. The van der Waals surface area contributed by atoms with Gasteiger partial charge in [0.05, 0.1) is 0 Å². The lowest BCUT2D eigenvalue weighted by Gasteiger charge is -1.97. The fourth-order valence-corrected chi connectivity index (χ4v) is 0.479. The first-order valence-corrected chi connectivity index (χ1v) is 2.26. The van der Waals surface area contributed by atoms with Crippen LogP contribution in [0.2, 0.25) is 0 Å². The molecule has 5 heteroatoms. The summed E-state index contributed by atoms with van der Waals surface area (Å²) < 4.78 is 0. The van der Waals surface area contributed by atoms with E-state index in [4.69, 9.17) is 0 Å². The highest BCUT2D eigenvalue weighted by atomic mass is 16.2. The summed E-state index contributed by atoms with van der Waals surface area (Å²) in [4.78, 5) is 31.8. The molecule has 0 radical (unpaired) electrons. The summed E-state index contributed by atoms with van der Waals surface area (Å²) in [6.07, 6.45) is 0. The maximum atomic E-state index is 10.4. The Labute approximate surface area is 50.6 Å². The van der Waals surface area contributed by atoms with Crippen LogP contribution in [0.5, 0.6) is 0 Å². The molecule has 4 amide bonds. The van der Waals surface area contributed by atoms with E-state index in [1.807, 2.05) is 5.32 Å². The average molecular weight is 128 g/mol. The smallest absolute Gasteiger partial charge is 0.269 e. The Balaban J connectivity index is 2.90. The van der Waals surface area contributed by atoms with Crippen molar-refractivity contribution in [3.8, 4) is 0 Å². The quantitative estimate of drug-likeness (QED) is 0.325. The summed E-state index contributed by atoms with van der Waals surface area (Å²) in [6.45, 7) is 0. The molecule has 9 heavy (non-hydrogen) atoms. The Morgan fingerprint density at radius 3 is 2.00 bits per heavy atom. The van der Waals surface area contributed by atoms with Crippen molar-refractivity contribution in [1.82, 2.24) is 10.2 Å². The van der Waals surface area contributed by atoms with Crippen LogP contribution in [0.4, 0.5) is 4.79 Å². The van der Waals surface area contributed by atoms with Crippen LogP contribution in [0.25, 0.3) is 0 Å². The molecule has 0 aromatic carbocycles. The van der Waals surface area contributed by atoms with Gasteiger partial charge < -0.3 is 0 Å². The second-order valence-corrected chi connectivity index (χ2v) is 1.62. The van der Waals surface area contributed by atoms with Crippen molar-refractivity contribution < 1.29 is 14.4 Å². The van der Waals surface area contributed by atoms with Crippen LogP contribution in [0.15, 0.2) is 0 Å². The largest absolute Gasteiger partial charge is 0.331 e. The SMILES string of the molecule is CN1C(=O)NC(=O)C1=O. The van der Waals surface area contributed by atoms with Gasteiger partial charge in [-0.3, -0.25) is 19.8 Å². The molecule has 0 aromatic rings. The van der Waals surface area contributed by atoms with Gasteiger partial charge in [0.1, 0.15) is 0 Å². The molecule has 0 aliphatic carbocycles. The molecule has 0 bridgehead atoms. The Hall–Kier alpha value is -1.39. The standard InChI is InChI=1S/C4H4N2O3/c1-6-3(8)2(7)5-4(6)9/h1H3,(H,5,7,9). The van der Waals surface area contributed by atoms with E-state index in [2.05, 4.69) is 0 Å². The fraction of sp³-hybridized carbons (Fsp3) is 0.250. The molecule has 1 saturated heterocycles. The highest BCUT2D eigenvalue weighted by molar-refractivity contribution is 6.44. The van der Waals surface area contributed by atoms with Crippen molar-refractivity contribution in [2.24, 2.45) is 0 Å². The van der Waals surface area contributed by atoms with E-state index >= 15 is 0 Å². The first-order chi connectivity index (χ1) is 4.13. The number of carbonyl (C=O) groups is 3. The van der Waals surface area contributed by atoms with Gasteiger partial charge in [0.25, 0.3) is 0 Å². The minimum absolute atomic E-state index is 0.662. The van der Waals surface area contributed by atoms with Crippen LogP contribution >= 0.6 is 0 Å². The summed E-state index contributed by atoms with van der Waals surface area (Å²) in [6, 6.07) is -0.662. The zero-order valence-corrected chi connectivity index (χ0v) is 4.67. The average Bonchev–Trinajstić information content (AvgIpc) is 1.98. The topological polar surface area (TPSA) is 66.5 Å². The molecule has 0 spiro atoms. The number of nitrogens with one attached hydrogen (secondary N) is 1. The number of likely N-dealkylation sites (N-methyl/N-ethyl adjacent to an activating group) is 1. The third kappa shape index (κ3) is 0.658. The van der Waals surface area contributed by atoms with Gasteiger partial charge in [-0.15, -0.1) is 0 Å². The van der Waals surface area contributed by atoms with Crippen molar-refractivity contribution in [3.05, 3.63) is 0 Å². The minimum Gasteiger partial charge on any atom is -0.269 e. The van der Waals surface area contributed by atoms with E-state index < -0.39 is 17.8 Å². The first-order valence-electron chi connectivity index (χ1n) is 2.26. The van der Waals surface area contributed by atoms with Crippen molar-refractivity contribution in [3.63, 3.8) is 0 Å². The van der Waals surface area contributed by atoms with E-state index in [9.17, 15) is 14.4 Å². The normalized spacial score (nSPS) is 18.8. The molecule has 0 saturated carbocycles. The summed E-state index contributed by atoms with van der Waals surface area (Å²) in [7, 11) is 1.24.